The SMILES string of the molecule is COc1ccc(OC2CCN(C(=O)COc3cccnc3)C2)nn1. The molecule has 1 unspecified atom stereocenters. The monoisotopic (exact) mass is 330 g/mol. The van der Waals surface area contributed by atoms with Crippen molar-refractivity contribution in [3.8, 4) is 17.5 Å². The average molecular weight is 330 g/mol. The van der Waals surface area contributed by atoms with Gasteiger partial charge in [-0.15, -0.1) is 10.2 Å². The third kappa shape index (κ3) is 4.09. The van der Waals surface area contributed by atoms with Crippen LogP contribution in [-0.2, 0) is 4.79 Å². The summed E-state index contributed by atoms with van der Waals surface area (Å²) in [5, 5.41) is 7.78. The van der Waals surface area contributed by atoms with E-state index in [1.807, 2.05) is 0 Å². The summed E-state index contributed by atoms with van der Waals surface area (Å²) >= 11 is 0. The lowest BCUT2D eigenvalue weighted by Crippen LogP contribution is -2.34. The lowest BCUT2D eigenvalue weighted by Gasteiger charge is -2.17. The van der Waals surface area contributed by atoms with Crippen LogP contribution in [-0.4, -0.2) is 58.9 Å². The molecule has 0 N–H and O–H groups in total. The van der Waals surface area contributed by atoms with Gasteiger partial charge in [-0.25, -0.2) is 0 Å². The lowest BCUT2D eigenvalue weighted by molar-refractivity contribution is -0.132. The fourth-order valence-electron chi connectivity index (χ4n) is 2.37. The highest BCUT2D eigenvalue weighted by molar-refractivity contribution is 5.78. The smallest absolute Gasteiger partial charge is 0.260 e. The Morgan fingerprint density at radius 2 is 2.12 bits per heavy atom. The van der Waals surface area contributed by atoms with Crippen LogP contribution in [0.4, 0.5) is 0 Å². The number of carbonyl (C=O) groups is 1. The maximum Gasteiger partial charge on any atom is 0.260 e. The summed E-state index contributed by atoms with van der Waals surface area (Å²) in [4.78, 5) is 17.8. The molecule has 0 bridgehead atoms. The highest BCUT2D eigenvalue weighted by Crippen LogP contribution is 2.17. The predicted octanol–water partition coefficient (Wildman–Crippen LogP) is 0.939. The second-order valence-electron chi connectivity index (χ2n) is 5.26. The second-order valence-corrected chi connectivity index (χ2v) is 5.26. The fraction of sp³-hybridized carbons (Fsp3) is 0.375. The summed E-state index contributed by atoms with van der Waals surface area (Å²) in [6, 6.07) is 6.90. The Balaban J connectivity index is 1.46. The van der Waals surface area contributed by atoms with Crippen LogP contribution >= 0.6 is 0 Å². The quantitative estimate of drug-likeness (QED) is 0.779. The van der Waals surface area contributed by atoms with Gasteiger partial charge in [0.15, 0.2) is 6.61 Å². The molecule has 1 fully saturated rings. The molecular formula is C16H18N4O4. The summed E-state index contributed by atoms with van der Waals surface area (Å²) in [6.07, 6.45) is 3.87. The molecular weight excluding hydrogens is 312 g/mol. The third-order valence-electron chi connectivity index (χ3n) is 3.61. The summed E-state index contributed by atoms with van der Waals surface area (Å²) in [5.41, 5.74) is 0. The van der Waals surface area contributed by atoms with Gasteiger partial charge in [0.2, 0.25) is 11.8 Å². The first-order chi connectivity index (χ1) is 11.7. The number of amides is 1. The Morgan fingerprint density at radius 3 is 2.83 bits per heavy atom. The Labute approximate surface area is 139 Å². The zero-order valence-corrected chi connectivity index (χ0v) is 13.3. The Bertz CT molecular complexity index is 666. The first kappa shape index (κ1) is 16.0. The molecule has 1 atom stereocenters. The van der Waals surface area contributed by atoms with Gasteiger partial charge < -0.3 is 19.1 Å². The van der Waals surface area contributed by atoms with Gasteiger partial charge in [-0.2, -0.15) is 0 Å². The normalized spacial score (nSPS) is 16.7. The molecule has 8 heteroatoms. The van der Waals surface area contributed by atoms with Crippen molar-refractivity contribution in [2.24, 2.45) is 0 Å². The first-order valence-electron chi connectivity index (χ1n) is 7.59. The molecule has 0 radical (unpaired) electrons. The summed E-state index contributed by atoms with van der Waals surface area (Å²) in [5.74, 6) is 1.34. The highest BCUT2D eigenvalue weighted by atomic mass is 16.5. The lowest BCUT2D eigenvalue weighted by atomic mass is 10.3. The van der Waals surface area contributed by atoms with Crippen LogP contribution < -0.4 is 14.2 Å². The van der Waals surface area contributed by atoms with Crippen LogP contribution in [0.15, 0.2) is 36.7 Å². The number of methoxy groups -OCH3 is 1. The minimum atomic E-state index is -0.102. The molecule has 24 heavy (non-hydrogen) atoms. The number of rotatable bonds is 6. The van der Waals surface area contributed by atoms with E-state index in [2.05, 4.69) is 15.2 Å². The molecule has 126 valence electrons. The van der Waals surface area contributed by atoms with Crippen molar-refractivity contribution in [2.75, 3.05) is 26.8 Å². The van der Waals surface area contributed by atoms with E-state index in [1.54, 1.807) is 41.6 Å². The Morgan fingerprint density at radius 1 is 1.29 bits per heavy atom. The van der Waals surface area contributed by atoms with Crippen LogP contribution in [0.2, 0.25) is 0 Å². The minimum absolute atomic E-state index is 0.0131. The molecule has 1 amide bonds. The highest BCUT2D eigenvalue weighted by Gasteiger charge is 2.28. The van der Waals surface area contributed by atoms with Crippen molar-refractivity contribution in [2.45, 2.75) is 12.5 Å². The van der Waals surface area contributed by atoms with E-state index in [0.717, 1.165) is 6.42 Å². The number of hydrogen-bond acceptors (Lipinski definition) is 7. The van der Waals surface area contributed by atoms with Crippen molar-refractivity contribution >= 4 is 5.91 Å². The van der Waals surface area contributed by atoms with Crippen LogP contribution in [0.5, 0.6) is 17.5 Å². The van der Waals surface area contributed by atoms with Gasteiger partial charge in [-0.1, -0.05) is 0 Å². The van der Waals surface area contributed by atoms with Gasteiger partial charge >= 0.3 is 0 Å². The van der Waals surface area contributed by atoms with E-state index in [9.17, 15) is 4.79 Å². The summed E-state index contributed by atoms with van der Waals surface area (Å²) in [7, 11) is 1.53. The van der Waals surface area contributed by atoms with Crippen LogP contribution in [0, 0.1) is 0 Å². The second kappa shape index (κ2) is 7.58. The average Bonchev–Trinajstić information content (AvgIpc) is 3.10. The zero-order chi connectivity index (χ0) is 16.8. The first-order valence-corrected chi connectivity index (χ1v) is 7.59. The number of ether oxygens (including phenoxy) is 3. The van der Waals surface area contributed by atoms with Crippen LogP contribution in [0.25, 0.3) is 0 Å². The number of likely N-dealkylation sites (tertiary alicyclic amines) is 1. The molecule has 8 nitrogen and oxygen atoms in total. The van der Waals surface area contributed by atoms with E-state index < -0.39 is 0 Å². The molecule has 0 aliphatic carbocycles. The van der Waals surface area contributed by atoms with Gasteiger partial charge in [0.05, 0.1) is 19.9 Å². The molecule has 2 aromatic heterocycles. The van der Waals surface area contributed by atoms with Gasteiger partial charge in [-0.3, -0.25) is 9.78 Å². The number of aromatic nitrogens is 3. The molecule has 1 saturated heterocycles. The Hall–Kier alpha value is -2.90. The van der Waals surface area contributed by atoms with Crippen molar-refractivity contribution < 1.29 is 19.0 Å². The molecule has 1 aliphatic rings. The maximum absolute atomic E-state index is 12.2. The number of nitrogens with zero attached hydrogens (tertiary/aromatic N) is 4. The van der Waals surface area contributed by atoms with E-state index >= 15 is 0 Å². The maximum atomic E-state index is 12.2. The summed E-state index contributed by atoms with van der Waals surface area (Å²) < 4.78 is 16.1. The van der Waals surface area contributed by atoms with E-state index in [-0.39, 0.29) is 18.6 Å². The molecule has 0 spiro atoms. The topological polar surface area (TPSA) is 86.7 Å². The molecule has 1 aliphatic heterocycles. The van der Waals surface area contributed by atoms with Crippen molar-refractivity contribution in [1.29, 1.82) is 0 Å². The van der Waals surface area contributed by atoms with Gasteiger partial charge in [0, 0.05) is 31.3 Å². The van der Waals surface area contributed by atoms with Gasteiger partial charge in [0.25, 0.3) is 5.91 Å². The molecule has 3 heterocycles. The van der Waals surface area contributed by atoms with E-state index in [1.165, 1.54) is 7.11 Å². The molecule has 0 saturated carbocycles. The number of pyridine rings is 1. The van der Waals surface area contributed by atoms with E-state index in [4.69, 9.17) is 14.2 Å². The fourth-order valence-corrected chi connectivity index (χ4v) is 2.37. The summed E-state index contributed by atoms with van der Waals surface area (Å²) in [6.45, 7) is 1.12. The third-order valence-corrected chi connectivity index (χ3v) is 3.61. The Kier molecular flexibility index (Phi) is 5.05. The zero-order valence-electron chi connectivity index (χ0n) is 13.3. The van der Waals surface area contributed by atoms with Crippen molar-refractivity contribution in [1.82, 2.24) is 20.1 Å². The van der Waals surface area contributed by atoms with Crippen molar-refractivity contribution in [3.63, 3.8) is 0 Å². The standard InChI is InChI=1S/C16H18N4O4/c1-22-14-4-5-15(19-18-14)24-13-6-8-20(10-13)16(21)11-23-12-3-2-7-17-9-12/h2-5,7,9,13H,6,8,10-11H2,1H3. The molecule has 2 aromatic rings. The van der Waals surface area contributed by atoms with Gasteiger partial charge in [0.1, 0.15) is 11.9 Å². The van der Waals surface area contributed by atoms with E-state index in [0.29, 0.717) is 30.6 Å². The van der Waals surface area contributed by atoms with Gasteiger partial charge in [-0.05, 0) is 12.1 Å². The largest absolute Gasteiger partial charge is 0.482 e. The molecule has 3 rings (SSSR count). The predicted molar refractivity (Wildman–Crippen MR) is 83.9 cm³/mol. The van der Waals surface area contributed by atoms with Crippen LogP contribution in [0.1, 0.15) is 6.42 Å². The van der Waals surface area contributed by atoms with Crippen molar-refractivity contribution in [3.05, 3.63) is 36.7 Å². The minimum Gasteiger partial charge on any atom is -0.482 e. The van der Waals surface area contributed by atoms with Crippen LogP contribution in [0.3, 0.4) is 0 Å². The number of carbonyl (C=O) groups excluding carboxylic acids is 1. The molecule has 0 aromatic carbocycles. The number of hydrogen-bond donors (Lipinski definition) is 0.